The molecular weight excluding hydrogens is 351 g/mol. The van der Waals surface area contributed by atoms with Crippen LogP contribution in [0.1, 0.15) is 13.3 Å². The molecule has 2 aromatic carbocycles. The molecule has 1 aliphatic rings. The van der Waals surface area contributed by atoms with E-state index in [0.717, 1.165) is 0 Å². The normalized spacial score (nSPS) is 16.1. The molecule has 0 aliphatic carbocycles. The Labute approximate surface area is 155 Å². The molecule has 2 aromatic rings. The number of benzene rings is 2. The van der Waals surface area contributed by atoms with Crippen LogP contribution in [-0.4, -0.2) is 30.4 Å². The van der Waals surface area contributed by atoms with E-state index >= 15 is 0 Å². The molecule has 1 fully saturated rings. The second-order valence-electron chi connectivity index (χ2n) is 6.25. The van der Waals surface area contributed by atoms with Crippen molar-refractivity contribution in [2.45, 2.75) is 19.4 Å². The highest BCUT2D eigenvalue weighted by Crippen LogP contribution is 2.22. The molecule has 1 saturated heterocycles. The van der Waals surface area contributed by atoms with Gasteiger partial charge in [0.25, 0.3) is 0 Å². The first-order valence-corrected chi connectivity index (χ1v) is 8.42. The van der Waals surface area contributed by atoms with Crippen molar-refractivity contribution in [1.29, 1.82) is 0 Å². The molecule has 27 heavy (non-hydrogen) atoms. The number of hydrogen-bond donors (Lipinski definition) is 3. The summed E-state index contributed by atoms with van der Waals surface area (Å²) in [5.74, 6) is -0.814. The van der Waals surface area contributed by atoms with Crippen LogP contribution in [0, 0.1) is 5.82 Å². The van der Waals surface area contributed by atoms with Crippen LogP contribution in [0.25, 0.3) is 0 Å². The zero-order valence-corrected chi connectivity index (χ0v) is 14.7. The average Bonchev–Trinajstić information content (AvgIpc) is 2.94. The van der Waals surface area contributed by atoms with E-state index in [1.165, 1.54) is 30.0 Å². The maximum absolute atomic E-state index is 13.4. The van der Waals surface area contributed by atoms with Gasteiger partial charge in [0.05, 0.1) is 6.04 Å². The summed E-state index contributed by atoms with van der Waals surface area (Å²) in [5, 5.41) is 8.04. The molecule has 1 heterocycles. The van der Waals surface area contributed by atoms with Crippen molar-refractivity contribution >= 4 is 34.9 Å². The molecule has 7 nitrogen and oxygen atoms in total. The van der Waals surface area contributed by atoms with Gasteiger partial charge in [0.15, 0.2) is 0 Å². The Morgan fingerprint density at radius 3 is 2.48 bits per heavy atom. The van der Waals surface area contributed by atoms with Gasteiger partial charge in [-0.15, -0.1) is 0 Å². The standard InChI is InChI=1S/C19H19FN4O3/c1-12(25)21-14-5-3-6-15(9-14)22-19(27)23-16-10-18(26)24(11-16)17-7-2-4-13(20)8-17/h2-9,16H,10-11H2,1H3,(H,21,25)(H2,22,23,27)/t16-/m0/s1. The van der Waals surface area contributed by atoms with Crippen LogP contribution in [0.4, 0.5) is 26.2 Å². The van der Waals surface area contributed by atoms with Gasteiger partial charge in [-0.05, 0) is 36.4 Å². The monoisotopic (exact) mass is 370 g/mol. The molecular formula is C19H19FN4O3. The second-order valence-corrected chi connectivity index (χ2v) is 6.25. The lowest BCUT2D eigenvalue weighted by atomic mass is 10.2. The van der Waals surface area contributed by atoms with Gasteiger partial charge in [-0.1, -0.05) is 12.1 Å². The Morgan fingerprint density at radius 1 is 1.07 bits per heavy atom. The number of nitrogens with zero attached hydrogens (tertiary/aromatic N) is 1. The molecule has 0 bridgehead atoms. The van der Waals surface area contributed by atoms with Gasteiger partial charge >= 0.3 is 6.03 Å². The summed E-state index contributed by atoms with van der Waals surface area (Å²) in [6, 6.07) is 11.6. The molecule has 1 aliphatic heterocycles. The lowest BCUT2D eigenvalue weighted by Crippen LogP contribution is -2.39. The lowest BCUT2D eigenvalue weighted by molar-refractivity contribution is -0.117. The second kappa shape index (κ2) is 7.86. The van der Waals surface area contributed by atoms with Crippen molar-refractivity contribution in [2.75, 3.05) is 22.1 Å². The van der Waals surface area contributed by atoms with E-state index in [4.69, 9.17) is 0 Å². The molecule has 1 atom stereocenters. The smallest absolute Gasteiger partial charge is 0.319 e. The number of amides is 4. The molecule has 4 amide bonds. The van der Waals surface area contributed by atoms with Gasteiger partial charge in [-0.2, -0.15) is 0 Å². The predicted octanol–water partition coefficient (Wildman–Crippen LogP) is 2.71. The third-order valence-electron chi connectivity index (χ3n) is 4.02. The summed E-state index contributed by atoms with van der Waals surface area (Å²) >= 11 is 0. The van der Waals surface area contributed by atoms with Gasteiger partial charge < -0.3 is 20.9 Å². The summed E-state index contributed by atoms with van der Waals surface area (Å²) in [5.41, 5.74) is 1.53. The minimum atomic E-state index is -0.464. The maximum atomic E-state index is 13.4. The van der Waals surface area contributed by atoms with Crippen molar-refractivity contribution in [3.63, 3.8) is 0 Å². The molecule has 8 heteroatoms. The third-order valence-corrected chi connectivity index (χ3v) is 4.02. The molecule has 0 aromatic heterocycles. The van der Waals surface area contributed by atoms with Crippen molar-refractivity contribution in [2.24, 2.45) is 0 Å². The zero-order valence-electron chi connectivity index (χ0n) is 14.7. The van der Waals surface area contributed by atoms with Crippen LogP contribution >= 0.6 is 0 Å². The predicted molar refractivity (Wildman–Crippen MR) is 100 cm³/mol. The van der Waals surface area contributed by atoms with Crippen LogP contribution in [0.3, 0.4) is 0 Å². The Bertz CT molecular complexity index is 887. The van der Waals surface area contributed by atoms with E-state index in [-0.39, 0.29) is 30.8 Å². The molecule has 0 spiro atoms. The fourth-order valence-corrected chi connectivity index (χ4v) is 2.93. The third kappa shape index (κ3) is 4.81. The maximum Gasteiger partial charge on any atom is 0.319 e. The fourth-order valence-electron chi connectivity index (χ4n) is 2.93. The average molecular weight is 370 g/mol. The topological polar surface area (TPSA) is 90.5 Å². The number of carbonyl (C=O) groups is 3. The summed E-state index contributed by atoms with van der Waals surface area (Å²) in [6.45, 7) is 1.66. The number of hydrogen-bond acceptors (Lipinski definition) is 3. The first-order chi connectivity index (χ1) is 12.9. The molecule has 0 unspecified atom stereocenters. The van der Waals surface area contributed by atoms with Crippen LogP contribution < -0.4 is 20.9 Å². The minimum Gasteiger partial charge on any atom is -0.333 e. The van der Waals surface area contributed by atoms with Gasteiger partial charge in [0.2, 0.25) is 11.8 Å². The number of halogens is 1. The van der Waals surface area contributed by atoms with E-state index in [2.05, 4.69) is 16.0 Å². The fraction of sp³-hybridized carbons (Fsp3) is 0.211. The SMILES string of the molecule is CC(=O)Nc1cccc(NC(=O)N[C@H]2CC(=O)N(c3cccc(F)c3)C2)c1. The van der Waals surface area contributed by atoms with Gasteiger partial charge in [-0.3, -0.25) is 9.59 Å². The first kappa shape index (κ1) is 18.4. The Morgan fingerprint density at radius 2 is 1.78 bits per heavy atom. The summed E-state index contributed by atoms with van der Waals surface area (Å²) in [7, 11) is 0. The Kier molecular flexibility index (Phi) is 5.35. The van der Waals surface area contributed by atoms with Crippen LogP contribution in [0.5, 0.6) is 0 Å². The number of nitrogens with one attached hydrogen (secondary N) is 3. The van der Waals surface area contributed by atoms with E-state index < -0.39 is 11.8 Å². The highest BCUT2D eigenvalue weighted by Gasteiger charge is 2.31. The van der Waals surface area contributed by atoms with Crippen LogP contribution in [-0.2, 0) is 9.59 Å². The van der Waals surface area contributed by atoms with Crippen LogP contribution in [0.2, 0.25) is 0 Å². The van der Waals surface area contributed by atoms with Gasteiger partial charge in [0, 0.05) is 37.0 Å². The number of carbonyl (C=O) groups excluding carboxylic acids is 3. The zero-order chi connectivity index (χ0) is 19.4. The Hall–Kier alpha value is -3.42. The largest absolute Gasteiger partial charge is 0.333 e. The lowest BCUT2D eigenvalue weighted by Gasteiger charge is -2.17. The quantitative estimate of drug-likeness (QED) is 0.773. The summed E-state index contributed by atoms with van der Waals surface area (Å²) < 4.78 is 13.4. The van der Waals surface area contributed by atoms with Crippen LogP contribution in [0.15, 0.2) is 48.5 Å². The Balaban J connectivity index is 1.59. The van der Waals surface area contributed by atoms with E-state index in [0.29, 0.717) is 17.1 Å². The first-order valence-electron chi connectivity index (χ1n) is 8.42. The molecule has 3 N–H and O–H groups in total. The number of urea groups is 1. The van der Waals surface area contributed by atoms with Gasteiger partial charge in [-0.25, -0.2) is 9.18 Å². The molecule has 140 valence electrons. The summed E-state index contributed by atoms with van der Waals surface area (Å²) in [6.07, 6.45) is 0.135. The molecule has 3 rings (SSSR count). The van der Waals surface area contributed by atoms with Crippen molar-refractivity contribution in [1.82, 2.24) is 5.32 Å². The highest BCUT2D eigenvalue weighted by atomic mass is 19.1. The number of anilines is 3. The van der Waals surface area contributed by atoms with E-state index in [9.17, 15) is 18.8 Å². The minimum absolute atomic E-state index is 0.135. The van der Waals surface area contributed by atoms with E-state index in [1.54, 1.807) is 30.3 Å². The van der Waals surface area contributed by atoms with Crippen molar-refractivity contribution < 1.29 is 18.8 Å². The summed E-state index contributed by atoms with van der Waals surface area (Å²) in [4.78, 5) is 36.9. The highest BCUT2D eigenvalue weighted by molar-refractivity contribution is 5.98. The molecule has 0 radical (unpaired) electrons. The molecule has 0 saturated carbocycles. The van der Waals surface area contributed by atoms with E-state index in [1.807, 2.05) is 0 Å². The number of rotatable bonds is 4. The van der Waals surface area contributed by atoms with Gasteiger partial charge in [0.1, 0.15) is 5.82 Å². The van der Waals surface area contributed by atoms with Crippen molar-refractivity contribution in [3.05, 3.63) is 54.3 Å². The van der Waals surface area contributed by atoms with Crippen molar-refractivity contribution in [3.8, 4) is 0 Å².